The lowest BCUT2D eigenvalue weighted by atomic mass is 9.93. The zero-order valence-electron chi connectivity index (χ0n) is 12.1. The molecule has 2 nitrogen and oxygen atoms in total. The molecule has 0 unspecified atom stereocenters. The molecule has 1 aliphatic heterocycles. The molecule has 2 aromatic carbocycles. The smallest absolute Gasteiger partial charge is 0.120 e. The van der Waals surface area contributed by atoms with Gasteiger partial charge in [-0.3, -0.25) is 4.90 Å². The van der Waals surface area contributed by atoms with E-state index >= 15 is 0 Å². The van der Waals surface area contributed by atoms with Gasteiger partial charge in [-0.1, -0.05) is 36.4 Å². The van der Waals surface area contributed by atoms with Gasteiger partial charge in [0.05, 0.1) is 0 Å². The summed E-state index contributed by atoms with van der Waals surface area (Å²) in [6.45, 7) is 6.07. The number of nitrogens with zero attached hydrogens (tertiary/aromatic N) is 1. The second kappa shape index (κ2) is 5.29. The highest BCUT2D eigenvalue weighted by Crippen LogP contribution is 2.36. The number of rotatable bonds is 3. The molecule has 104 valence electrons. The fourth-order valence-corrected chi connectivity index (χ4v) is 2.89. The lowest BCUT2D eigenvalue weighted by molar-refractivity contribution is 0.0809. The zero-order chi connectivity index (χ0) is 14.1. The minimum Gasteiger partial charge on any atom is -0.508 e. The summed E-state index contributed by atoms with van der Waals surface area (Å²) in [5, 5.41) is 10.1. The van der Waals surface area contributed by atoms with Crippen molar-refractivity contribution < 1.29 is 5.11 Å². The molecular formula is C18H21NO. The van der Waals surface area contributed by atoms with E-state index in [0.717, 1.165) is 24.2 Å². The van der Waals surface area contributed by atoms with Crippen molar-refractivity contribution in [3.63, 3.8) is 0 Å². The first-order valence-electron chi connectivity index (χ1n) is 7.23. The Hall–Kier alpha value is -1.80. The molecule has 2 heteroatoms. The fraction of sp³-hybridized carbons (Fsp3) is 0.333. The Morgan fingerprint density at radius 1 is 1.10 bits per heavy atom. The molecule has 0 aromatic heterocycles. The lowest BCUT2D eigenvalue weighted by Gasteiger charge is -2.41. The van der Waals surface area contributed by atoms with Crippen molar-refractivity contribution in [2.24, 2.45) is 0 Å². The van der Waals surface area contributed by atoms with Gasteiger partial charge in [0.25, 0.3) is 0 Å². The molecule has 1 saturated heterocycles. The van der Waals surface area contributed by atoms with Gasteiger partial charge in [-0.15, -0.1) is 0 Å². The zero-order valence-corrected chi connectivity index (χ0v) is 12.1. The van der Waals surface area contributed by atoms with Gasteiger partial charge in [-0.25, -0.2) is 0 Å². The monoisotopic (exact) mass is 267 g/mol. The van der Waals surface area contributed by atoms with Crippen molar-refractivity contribution >= 4 is 0 Å². The van der Waals surface area contributed by atoms with Gasteiger partial charge in [0.15, 0.2) is 0 Å². The molecule has 1 aliphatic rings. The van der Waals surface area contributed by atoms with Crippen LogP contribution in [-0.4, -0.2) is 16.6 Å². The SMILES string of the molecule is Cc1cc(O)c(CN2CC[C@@H]2c2ccccc2)cc1C. The average molecular weight is 267 g/mol. The summed E-state index contributed by atoms with van der Waals surface area (Å²) in [6, 6.07) is 15.1. The predicted octanol–water partition coefficient (Wildman–Crippen LogP) is 3.96. The van der Waals surface area contributed by atoms with Gasteiger partial charge in [-0.2, -0.15) is 0 Å². The number of likely N-dealkylation sites (tertiary alicyclic amines) is 1. The Bertz CT molecular complexity index is 606. The molecule has 20 heavy (non-hydrogen) atoms. The van der Waals surface area contributed by atoms with Crippen molar-refractivity contribution in [1.82, 2.24) is 4.90 Å². The Kier molecular flexibility index (Phi) is 3.49. The Labute approximate surface area is 120 Å². The van der Waals surface area contributed by atoms with Crippen LogP contribution in [0.3, 0.4) is 0 Å². The summed E-state index contributed by atoms with van der Waals surface area (Å²) in [5.74, 6) is 0.423. The van der Waals surface area contributed by atoms with Crippen molar-refractivity contribution in [2.75, 3.05) is 6.54 Å². The third kappa shape index (κ3) is 2.44. The number of hydrogen-bond acceptors (Lipinski definition) is 2. The van der Waals surface area contributed by atoms with Crippen LogP contribution in [0.15, 0.2) is 42.5 Å². The van der Waals surface area contributed by atoms with E-state index in [4.69, 9.17) is 0 Å². The molecule has 0 amide bonds. The first-order chi connectivity index (χ1) is 9.65. The summed E-state index contributed by atoms with van der Waals surface area (Å²) in [7, 11) is 0. The largest absolute Gasteiger partial charge is 0.508 e. The van der Waals surface area contributed by atoms with E-state index in [1.165, 1.54) is 17.5 Å². The maximum Gasteiger partial charge on any atom is 0.120 e. The summed E-state index contributed by atoms with van der Waals surface area (Å²) >= 11 is 0. The molecule has 2 aromatic rings. The van der Waals surface area contributed by atoms with Crippen LogP contribution in [0.2, 0.25) is 0 Å². The number of aryl methyl sites for hydroxylation is 2. The summed E-state index contributed by atoms with van der Waals surface area (Å²) < 4.78 is 0. The van der Waals surface area contributed by atoms with Crippen molar-refractivity contribution in [3.8, 4) is 5.75 Å². The molecule has 1 fully saturated rings. The van der Waals surface area contributed by atoms with Crippen molar-refractivity contribution in [2.45, 2.75) is 32.9 Å². The molecule has 0 aliphatic carbocycles. The Balaban J connectivity index is 1.77. The highest BCUT2D eigenvalue weighted by molar-refractivity contribution is 5.41. The lowest BCUT2D eigenvalue weighted by Crippen LogP contribution is -2.40. The number of benzene rings is 2. The third-order valence-electron chi connectivity index (χ3n) is 4.38. The van der Waals surface area contributed by atoms with Crippen molar-refractivity contribution in [3.05, 3.63) is 64.7 Å². The van der Waals surface area contributed by atoms with Crippen molar-refractivity contribution in [1.29, 1.82) is 0 Å². The van der Waals surface area contributed by atoms with Gasteiger partial charge in [0, 0.05) is 24.7 Å². The van der Waals surface area contributed by atoms with Crippen LogP contribution in [0.1, 0.15) is 34.7 Å². The molecule has 0 spiro atoms. The van der Waals surface area contributed by atoms with Crippen LogP contribution >= 0.6 is 0 Å². The molecule has 0 radical (unpaired) electrons. The van der Waals surface area contributed by atoms with Crippen LogP contribution in [0.25, 0.3) is 0 Å². The molecular weight excluding hydrogens is 246 g/mol. The van der Waals surface area contributed by atoms with Crippen LogP contribution in [0.5, 0.6) is 5.75 Å². The Morgan fingerprint density at radius 2 is 1.80 bits per heavy atom. The van der Waals surface area contributed by atoms with E-state index in [1.807, 2.05) is 13.0 Å². The van der Waals surface area contributed by atoms with Crippen LogP contribution < -0.4 is 0 Å². The first-order valence-corrected chi connectivity index (χ1v) is 7.23. The van der Waals surface area contributed by atoms with Crippen LogP contribution in [0.4, 0.5) is 0 Å². The summed E-state index contributed by atoms with van der Waals surface area (Å²) in [4.78, 5) is 2.43. The topological polar surface area (TPSA) is 23.5 Å². The molecule has 1 atom stereocenters. The van der Waals surface area contributed by atoms with E-state index in [0.29, 0.717) is 11.8 Å². The van der Waals surface area contributed by atoms with E-state index < -0.39 is 0 Å². The van der Waals surface area contributed by atoms with Gasteiger partial charge in [-0.05, 0) is 43.0 Å². The molecule has 3 rings (SSSR count). The van der Waals surface area contributed by atoms with E-state index in [9.17, 15) is 5.11 Å². The van der Waals surface area contributed by atoms with Gasteiger partial charge < -0.3 is 5.11 Å². The van der Waals surface area contributed by atoms with E-state index in [2.05, 4.69) is 48.2 Å². The number of phenolic OH excluding ortho intramolecular Hbond substituents is 1. The first kappa shape index (κ1) is 13.2. The van der Waals surface area contributed by atoms with Crippen LogP contribution in [0, 0.1) is 13.8 Å². The second-order valence-electron chi connectivity index (χ2n) is 5.75. The molecule has 0 saturated carbocycles. The number of hydrogen-bond donors (Lipinski definition) is 1. The molecule has 0 bridgehead atoms. The standard InChI is InChI=1S/C18H21NO/c1-13-10-16(18(20)11-14(13)2)12-19-9-8-17(19)15-6-4-3-5-7-15/h3-7,10-11,17,20H,8-9,12H2,1-2H3/t17-/m1/s1. The highest BCUT2D eigenvalue weighted by Gasteiger charge is 2.29. The van der Waals surface area contributed by atoms with E-state index in [1.54, 1.807) is 0 Å². The maximum atomic E-state index is 10.1. The Morgan fingerprint density at radius 3 is 2.45 bits per heavy atom. The normalized spacial score (nSPS) is 18.8. The van der Waals surface area contributed by atoms with Gasteiger partial charge >= 0.3 is 0 Å². The fourth-order valence-electron chi connectivity index (χ4n) is 2.89. The molecule has 1 N–H and O–H groups in total. The highest BCUT2D eigenvalue weighted by atomic mass is 16.3. The third-order valence-corrected chi connectivity index (χ3v) is 4.38. The molecule has 1 heterocycles. The number of aromatic hydroxyl groups is 1. The van der Waals surface area contributed by atoms with Crippen LogP contribution in [-0.2, 0) is 6.54 Å². The number of phenols is 1. The minimum atomic E-state index is 0.423. The van der Waals surface area contributed by atoms with Gasteiger partial charge in [0.2, 0.25) is 0 Å². The maximum absolute atomic E-state index is 10.1. The van der Waals surface area contributed by atoms with E-state index in [-0.39, 0.29) is 0 Å². The second-order valence-corrected chi connectivity index (χ2v) is 5.75. The predicted molar refractivity (Wildman–Crippen MR) is 81.8 cm³/mol. The summed E-state index contributed by atoms with van der Waals surface area (Å²) in [5.41, 5.74) is 4.81. The quantitative estimate of drug-likeness (QED) is 0.910. The minimum absolute atomic E-state index is 0.423. The summed E-state index contributed by atoms with van der Waals surface area (Å²) in [6.07, 6.45) is 1.20. The van der Waals surface area contributed by atoms with Gasteiger partial charge in [0.1, 0.15) is 5.75 Å². The average Bonchev–Trinajstić information content (AvgIpc) is 2.41.